The van der Waals surface area contributed by atoms with E-state index in [1.807, 2.05) is 24.3 Å². The molecule has 2 aromatic heterocycles. The molecule has 0 saturated carbocycles. The van der Waals surface area contributed by atoms with Gasteiger partial charge in [-0.1, -0.05) is 55.4 Å². The van der Waals surface area contributed by atoms with Crippen molar-refractivity contribution in [2.75, 3.05) is 0 Å². The first-order valence-electron chi connectivity index (χ1n) is 8.78. The maximum atomic E-state index is 13.4. The Morgan fingerprint density at radius 2 is 1.71 bits per heavy atom. The van der Waals surface area contributed by atoms with Crippen LogP contribution in [0.2, 0.25) is 0 Å². The number of hydrogen-bond donors (Lipinski definition) is 0. The van der Waals surface area contributed by atoms with Crippen molar-refractivity contribution in [3.63, 3.8) is 0 Å². The fourth-order valence-corrected chi connectivity index (χ4v) is 3.04. The highest BCUT2D eigenvalue weighted by atomic mass is 19.4. The molecule has 0 spiro atoms. The quantitative estimate of drug-likeness (QED) is 0.479. The SMILES string of the molecule is CC(C)c1ccc(-c2noc(Cn3c(C(F)(F)F)nc4ccccc43)n2)cc1. The molecule has 0 aliphatic carbocycles. The van der Waals surface area contributed by atoms with E-state index in [-0.39, 0.29) is 18.0 Å². The van der Waals surface area contributed by atoms with Gasteiger partial charge in [-0.05, 0) is 23.6 Å². The second-order valence-electron chi connectivity index (χ2n) is 6.80. The minimum atomic E-state index is -4.59. The number of rotatable bonds is 4. The molecule has 4 aromatic rings. The number of hydrogen-bond acceptors (Lipinski definition) is 4. The lowest BCUT2D eigenvalue weighted by atomic mass is 10.0. The molecule has 4 rings (SSSR count). The Labute approximate surface area is 158 Å². The maximum absolute atomic E-state index is 13.4. The summed E-state index contributed by atoms with van der Waals surface area (Å²) >= 11 is 0. The lowest BCUT2D eigenvalue weighted by Gasteiger charge is -2.09. The number of nitrogens with zero attached hydrogens (tertiary/aromatic N) is 4. The number of imidazole rings is 1. The zero-order valence-electron chi connectivity index (χ0n) is 15.2. The fraction of sp³-hybridized carbons (Fsp3) is 0.250. The monoisotopic (exact) mass is 386 g/mol. The summed E-state index contributed by atoms with van der Waals surface area (Å²) in [6.45, 7) is 3.97. The summed E-state index contributed by atoms with van der Waals surface area (Å²) in [5, 5.41) is 3.91. The van der Waals surface area contributed by atoms with Gasteiger partial charge in [0.1, 0.15) is 6.54 Å². The molecule has 0 aliphatic rings. The maximum Gasteiger partial charge on any atom is 0.449 e. The van der Waals surface area contributed by atoms with Crippen LogP contribution in [-0.4, -0.2) is 19.7 Å². The molecule has 0 amide bonds. The molecule has 0 aliphatic heterocycles. The summed E-state index contributed by atoms with van der Waals surface area (Å²) in [6, 6.07) is 14.1. The fourth-order valence-electron chi connectivity index (χ4n) is 3.04. The van der Waals surface area contributed by atoms with E-state index in [2.05, 4.69) is 29.0 Å². The summed E-state index contributed by atoms with van der Waals surface area (Å²) in [4.78, 5) is 7.99. The highest BCUT2D eigenvalue weighted by Gasteiger charge is 2.38. The molecule has 2 heterocycles. The third-order valence-electron chi connectivity index (χ3n) is 4.51. The first-order valence-corrected chi connectivity index (χ1v) is 8.78. The van der Waals surface area contributed by atoms with Crippen LogP contribution >= 0.6 is 0 Å². The number of benzene rings is 2. The van der Waals surface area contributed by atoms with Gasteiger partial charge in [-0.3, -0.25) is 0 Å². The number of fused-ring (bicyclic) bond motifs is 1. The smallest absolute Gasteiger partial charge is 0.337 e. The average Bonchev–Trinajstić information content (AvgIpc) is 3.27. The van der Waals surface area contributed by atoms with E-state index in [9.17, 15) is 13.2 Å². The highest BCUT2D eigenvalue weighted by molar-refractivity contribution is 5.76. The number of halogens is 3. The molecule has 5 nitrogen and oxygen atoms in total. The molecule has 0 atom stereocenters. The second-order valence-corrected chi connectivity index (χ2v) is 6.80. The highest BCUT2D eigenvalue weighted by Crippen LogP contribution is 2.32. The first kappa shape index (κ1) is 18.2. The summed E-state index contributed by atoms with van der Waals surface area (Å²) in [7, 11) is 0. The Bertz CT molecular complexity index is 1110. The van der Waals surface area contributed by atoms with Crippen molar-refractivity contribution in [1.82, 2.24) is 19.7 Å². The standard InChI is InChI=1S/C20H17F3N4O/c1-12(2)13-7-9-14(10-8-13)18-25-17(28-26-18)11-27-16-6-4-3-5-15(16)24-19(27)20(21,22)23/h3-10,12H,11H2,1-2H3. The number of para-hydroxylation sites is 2. The number of aromatic nitrogens is 4. The van der Waals surface area contributed by atoms with Crippen LogP contribution in [0, 0.1) is 0 Å². The van der Waals surface area contributed by atoms with Crippen LogP contribution in [0.3, 0.4) is 0 Å². The molecular formula is C20H17F3N4O. The van der Waals surface area contributed by atoms with Gasteiger partial charge in [-0.15, -0.1) is 0 Å². The summed E-state index contributed by atoms with van der Waals surface area (Å²) in [5.74, 6) is -0.181. The van der Waals surface area contributed by atoms with E-state index in [1.54, 1.807) is 18.2 Å². The molecule has 0 saturated heterocycles. The predicted molar refractivity (Wildman–Crippen MR) is 97.7 cm³/mol. The minimum Gasteiger partial charge on any atom is -0.337 e. The molecule has 0 N–H and O–H groups in total. The Kier molecular flexibility index (Phi) is 4.41. The van der Waals surface area contributed by atoms with Crippen molar-refractivity contribution in [3.8, 4) is 11.4 Å². The van der Waals surface area contributed by atoms with Gasteiger partial charge in [0.2, 0.25) is 17.5 Å². The summed E-state index contributed by atoms with van der Waals surface area (Å²) in [5.41, 5.74) is 2.54. The molecule has 2 aromatic carbocycles. The van der Waals surface area contributed by atoms with Crippen molar-refractivity contribution in [3.05, 3.63) is 65.8 Å². The Balaban J connectivity index is 1.68. The third kappa shape index (κ3) is 3.37. The van der Waals surface area contributed by atoms with Gasteiger partial charge in [0.15, 0.2) is 0 Å². The van der Waals surface area contributed by atoms with Gasteiger partial charge >= 0.3 is 6.18 Å². The zero-order chi connectivity index (χ0) is 19.9. The average molecular weight is 386 g/mol. The van der Waals surface area contributed by atoms with Crippen LogP contribution in [0.1, 0.15) is 37.0 Å². The Hall–Kier alpha value is -3.16. The summed E-state index contributed by atoms with van der Waals surface area (Å²) < 4.78 is 46.5. The topological polar surface area (TPSA) is 56.7 Å². The predicted octanol–water partition coefficient (Wildman–Crippen LogP) is 5.28. The third-order valence-corrected chi connectivity index (χ3v) is 4.51. The first-order chi connectivity index (χ1) is 13.3. The normalized spacial score (nSPS) is 12.2. The van der Waals surface area contributed by atoms with E-state index >= 15 is 0 Å². The van der Waals surface area contributed by atoms with Gasteiger partial charge < -0.3 is 9.09 Å². The molecule has 0 radical (unpaired) electrons. The Morgan fingerprint density at radius 3 is 2.39 bits per heavy atom. The molecule has 0 bridgehead atoms. The van der Waals surface area contributed by atoms with Gasteiger partial charge in [-0.2, -0.15) is 18.2 Å². The largest absolute Gasteiger partial charge is 0.449 e. The van der Waals surface area contributed by atoms with Crippen molar-refractivity contribution in [1.29, 1.82) is 0 Å². The lowest BCUT2D eigenvalue weighted by molar-refractivity contribution is -0.146. The Morgan fingerprint density at radius 1 is 1.00 bits per heavy atom. The molecule has 0 fully saturated rings. The molecule has 144 valence electrons. The molecule has 0 unspecified atom stereocenters. The molecule has 28 heavy (non-hydrogen) atoms. The summed E-state index contributed by atoms with van der Waals surface area (Å²) in [6.07, 6.45) is -4.59. The van der Waals surface area contributed by atoms with Crippen molar-refractivity contribution in [2.45, 2.75) is 32.5 Å². The second kappa shape index (κ2) is 6.78. The van der Waals surface area contributed by atoms with Gasteiger partial charge in [0.25, 0.3) is 0 Å². The van der Waals surface area contributed by atoms with Crippen LogP contribution in [0.15, 0.2) is 53.1 Å². The van der Waals surface area contributed by atoms with Crippen LogP contribution in [-0.2, 0) is 12.7 Å². The van der Waals surface area contributed by atoms with Crippen molar-refractivity contribution >= 4 is 11.0 Å². The van der Waals surface area contributed by atoms with Gasteiger partial charge in [-0.25, -0.2) is 4.98 Å². The zero-order valence-corrected chi connectivity index (χ0v) is 15.2. The van der Waals surface area contributed by atoms with Crippen LogP contribution in [0.5, 0.6) is 0 Å². The van der Waals surface area contributed by atoms with Crippen molar-refractivity contribution in [2.24, 2.45) is 0 Å². The number of alkyl halides is 3. The van der Waals surface area contributed by atoms with E-state index in [1.165, 1.54) is 11.6 Å². The lowest BCUT2D eigenvalue weighted by Crippen LogP contribution is -2.15. The minimum absolute atomic E-state index is 0.0802. The van der Waals surface area contributed by atoms with E-state index < -0.39 is 12.0 Å². The van der Waals surface area contributed by atoms with E-state index in [0.717, 1.165) is 10.1 Å². The van der Waals surface area contributed by atoms with Gasteiger partial charge in [0, 0.05) is 5.56 Å². The van der Waals surface area contributed by atoms with Crippen LogP contribution < -0.4 is 0 Å². The molecular weight excluding hydrogens is 369 g/mol. The van der Waals surface area contributed by atoms with Gasteiger partial charge in [0.05, 0.1) is 11.0 Å². The van der Waals surface area contributed by atoms with Crippen LogP contribution in [0.4, 0.5) is 13.2 Å². The molecule has 8 heteroatoms. The van der Waals surface area contributed by atoms with E-state index in [0.29, 0.717) is 17.3 Å². The van der Waals surface area contributed by atoms with Crippen molar-refractivity contribution < 1.29 is 17.7 Å². The van der Waals surface area contributed by atoms with E-state index in [4.69, 9.17) is 4.52 Å². The van der Waals surface area contributed by atoms with Crippen LogP contribution in [0.25, 0.3) is 22.4 Å².